The molecule has 0 spiro atoms. The fraction of sp³-hybridized carbons (Fsp3) is 0.188. The van der Waals surface area contributed by atoms with Crippen LogP contribution in [0.2, 0.25) is 0 Å². The largest absolute Gasteiger partial charge is 0.465 e. The number of hydrogen-bond donors (Lipinski definition) is 0. The molecule has 0 aromatic heterocycles. The van der Waals surface area contributed by atoms with Crippen molar-refractivity contribution in [2.45, 2.75) is 11.8 Å². The van der Waals surface area contributed by atoms with Gasteiger partial charge in [-0.15, -0.1) is 0 Å². The zero-order valence-corrected chi connectivity index (χ0v) is 13.6. The molecule has 128 valence electrons. The van der Waals surface area contributed by atoms with E-state index in [9.17, 15) is 22.0 Å². The molecule has 0 aliphatic carbocycles. The first-order chi connectivity index (χ1) is 11.4. The summed E-state index contributed by atoms with van der Waals surface area (Å²) in [6.45, 7) is 0.984. The number of benzene rings is 2. The van der Waals surface area contributed by atoms with Gasteiger partial charge in [-0.05, 0) is 43.3 Å². The average Bonchev–Trinajstić information content (AvgIpc) is 2.54. The summed E-state index contributed by atoms with van der Waals surface area (Å²) in [6, 6.07) is 9.27. The van der Waals surface area contributed by atoms with Gasteiger partial charge in [0.15, 0.2) is 0 Å². The van der Waals surface area contributed by atoms with Crippen molar-refractivity contribution in [3.63, 3.8) is 0 Å². The second kappa shape index (κ2) is 7.39. The number of rotatable bonds is 6. The number of anilines is 1. The van der Waals surface area contributed by atoms with Crippen molar-refractivity contribution in [1.29, 1.82) is 0 Å². The van der Waals surface area contributed by atoms with Crippen LogP contribution in [-0.2, 0) is 19.6 Å². The Labute approximate surface area is 138 Å². The Morgan fingerprint density at radius 1 is 1.08 bits per heavy atom. The lowest BCUT2D eigenvalue weighted by atomic mass is 10.3. The number of sulfonamides is 1. The van der Waals surface area contributed by atoms with E-state index < -0.39 is 39.1 Å². The number of carbonyl (C=O) groups is 1. The Hall–Kier alpha value is -2.48. The van der Waals surface area contributed by atoms with E-state index in [4.69, 9.17) is 4.74 Å². The maximum Gasteiger partial charge on any atom is 0.326 e. The molecule has 8 heteroatoms. The van der Waals surface area contributed by atoms with Gasteiger partial charge in [-0.25, -0.2) is 17.2 Å². The van der Waals surface area contributed by atoms with Crippen molar-refractivity contribution in [2.75, 3.05) is 17.5 Å². The molecule has 2 rings (SSSR count). The van der Waals surface area contributed by atoms with Gasteiger partial charge in [0.1, 0.15) is 23.1 Å². The van der Waals surface area contributed by atoms with Gasteiger partial charge in [0.05, 0.1) is 12.3 Å². The van der Waals surface area contributed by atoms with Crippen LogP contribution in [0.1, 0.15) is 6.92 Å². The lowest BCUT2D eigenvalue weighted by molar-refractivity contribution is -0.141. The predicted octanol–water partition coefficient (Wildman–Crippen LogP) is 2.72. The molecule has 0 atom stereocenters. The number of nitrogens with zero attached hydrogens (tertiary/aromatic N) is 1. The van der Waals surface area contributed by atoms with Gasteiger partial charge in [0, 0.05) is 0 Å². The van der Waals surface area contributed by atoms with E-state index in [2.05, 4.69) is 0 Å². The molecule has 5 nitrogen and oxygen atoms in total. The molecular formula is C16H15F2NO4S. The molecule has 0 bridgehead atoms. The minimum atomic E-state index is -4.38. The highest BCUT2D eigenvalue weighted by Gasteiger charge is 2.30. The molecule has 0 saturated carbocycles. The molecule has 0 aliphatic heterocycles. The van der Waals surface area contributed by atoms with E-state index in [0.717, 1.165) is 24.3 Å². The van der Waals surface area contributed by atoms with Crippen LogP contribution in [0, 0.1) is 11.6 Å². The molecule has 0 heterocycles. The van der Waals surface area contributed by atoms with Crippen LogP contribution in [-0.4, -0.2) is 27.5 Å². The molecule has 0 fully saturated rings. The zero-order chi connectivity index (χ0) is 17.7. The van der Waals surface area contributed by atoms with Crippen molar-refractivity contribution in [3.05, 3.63) is 60.2 Å². The van der Waals surface area contributed by atoms with Crippen molar-refractivity contribution < 1.29 is 26.7 Å². The quantitative estimate of drug-likeness (QED) is 0.748. The third-order valence-corrected chi connectivity index (χ3v) is 4.90. The van der Waals surface area contributed by atoms with Crippen molar-refractivity contribution in [2.24, 2.45) is 0 Å². The van der Waals surface area contributed by atoms with E-state index >= 15 is 0 Å². The summed E-state index contributed by atoms with van der Waals surface area (Å²) >= 11 is 0. The molecule has 24 heavy (non-hydrogen) atoms. The molecular weight excluding hydrogens is 340 g/mol. The number of esters is 1. The average molecular weight is 355 g/mol. The lowest BCUT2D eigenvalue weighted by Crippen LogP contribution is -2.37. The third kappa shape index (κ3) is 3.88. The van der Waals surface area contributed by atoms with Gasteiger partial charge in [-0.3, -0.25) is 9.10 Å². The second-order valence-electron chi connectivity index (χ2n) is 4.72. The topological polar surface area (TPSA) is 63.7 Å². The van der Waals surface area contributed by atoms with Crippen LogP contribution in [0.4, 0.5) is 14.5 Å². The Morgan fingerprint density at radius 2 is 1.71 bits per heavy atom. The highest BCUT2D eigenvalue weighted by Crippen LogP contribution is 2.25. The molecule has 0 unspecified atom stereocenters. The van der Waals surface area contributed by atoms with Crippen LogP contribution in [0.15, 0.2) is 53.4 Å². The van der Waals surface area contributed by atoms with Gasteiger partial charge < -0.3 is 4.74 Å². The molecule has 0 radical (unpaired) electrons. The van der Waals surface area contributed by atoms with E-state index in [0.29, 0.717) is 4.31 Å². The first-order valence-electron chi connectivity index (χ1n) is 7.04. The van der Waals surface area contributed by atoms with Crippen LogP contribution in [0.5, 0.6) is 0 Å². The number of halogens is 2. The summed E-state index contributed by atoms with van der Waals surface area (Å²) in [5.41, 5.74) is 0.0210. The normalized spacial score (nSPS) is 11.1. The lowest BCUT2D eigenvalue weighted by Gasteiger charge is -2.23. The van der Waals surface area contributed by atoms with Gasteiger partial charge in [0.2, 0.25) is 0 Å². The first kappa shape index (κ1) is 17.9. The molecule has 0 saturated heterocycles. The molecule has 2 aromatic carbocycles. The highest BCUT2D eigenvalue weighted by molar-refractivity contribution is 7.92. The zero-order valence-electron chi connectivity index (χ0n) is 12.8. The van der Waals surface area contributed by atoms with E-state index in [1.807, 2.05) is 0 Å². The fourth-order valence-corrected chi connectivity index (χ4v) is 3.50. The van der Waals surface area contributed by atoms with Gasteiger partial charge in [-0.1, -0.05) is 12.1 Å². The monoisotopic (exact) mass is 355 g/mol. The summed E-state index contributed by atoms with van der Waals surface area (Å²) in [6.07, 6.45) is 0. The number of carbonyl (C=O) groups excluding carboxylic acids is 1. The Bertz CT molecular complexity index is 822. The van der Waals surface area contributed by atoms with Gasteiger partial charge in [-0.2, -0.15) is 0 Å². The van der Waals surface area contributed by atoms with Crippen LogP contribution >= 0.6 is 0 Å². The SMILES string of the molecule is CCOC(=O)CN(c1ccc(F)cc1)S(=O)(=O)c1ccccc1F. The maximum absolute atomic E-state index is 13.9. The Balaban J connectivity index is 2.50. The molecule has 0 N–H and O–H groups in total. The molecule has 0 aliphatic rings. The minimum absolute atomic E-state index is 0.0210. The summed E-state index contributed by atoms with van der Waals surface area (Å²) in [5.74, 6) is -2.33. The third-order valence-electron chi connectivity index (χ3n) is 3.10. The van der Waals surface area contributed by atoms with Crippen LogP contribution < -0.4 is 4.31 Å². The Kier molecular flexibility index (Phi) is 5.50. The summed E-state index contributed by atoms with van der Waals surface area (Å²) in [4.78, 5) is 11.2. The number of ether oxygens (including phenoxy) is 1. The van der Waals surface area contributed by atoms with Crippen molar-refractivity contribution in [1.82, 2.24) is 0 Å². The van der Waals surface area contributed by atoms with Gasteiger partial charge >= 0.3 is 5.97 Å². The van der Waals surface area contributed by atoms with Crippen molar-refractivity contribution >= 4 is 21.7 Å². The van der Waals surface area contributed by atoms with E-state index in [1.54, 1.807) is 6.92 Å². The summed E-state index contributed by atoms with van der Waals surface area (Å²) in [7, 11) is -4.38. The first-order valence-corrected chi connectivity index (χ1v) is 8.48. The van der Waals surface area contributed by atoms with Crippen molar-refractivity contribution in [3.8, 4) is 0 Å². The predicted molar refractivity (Wildman–Crippen MR) is 84.0 cm³/mol. The van der Waals surface area contributed by atoms with Crippen LogP contribution in [0.25, 0.3) is 0 Å². The standard InChI is InChI=1S/C16H15F2NO4S/c1-2-23-16(20)11-19(13-9-7-12(17)8-10-13)24(21,22)15-6-4-3-5-14(15)18/h3-10H,2,11H2,1H3. The molecule has 0 amide bonds. The molecule has 2 aromatic rings. The van der Waals surface area contributed by atoms with Gasteiger partial charge in [0.25, 0.3) is 10.0 Å². The summed E-state index contributed by atoms with van der Waals surface area (Å²) < 4.78 is 58.0. The Morgan fingerprint density at radius 3 is 2.29 bits per heavy atom. The number of hydrogen-bond acceptors (Lipinski definition) is 4. The maximum atomic E-state index is 13.9. The summed E-state index contributed by atoms with van der Waals surface area (Å²) in [5, 5.41) is 0. The van der Waals surface area contributed by atoms with Crippen LogP contribution in [0.3, 0.4) is 0 Å². The smallest absolute Gasteiger partial charge is 0.326 e. The fourth-order valence-electron chi connectivity index (χ4n) is 2.02. The van der Waals surface area contributed by atoms with E-state index in [1.165, 1.54) is 24.3 Å². The second-order valence-corrected chi connectivity index (χ2v) is 6.55. The minimum Gasteiger partial charge on any atom is -0.465 e. The van der Waals surface area contributed by atoms with E-state index in [-0.39, 0.29) is 12.3 Å². The highest BCUT2D eigenvalue weighted by atomic mass is 32.2.